The van der Waals surface area contributed by atoms with E-state index >= 15 is 0 Å². The van der Waals surface area contributed by atoms with Crippen LogP contribution in [0.2, 0.25) is 0 Å². The third-order valence-corrected chi connectivity index (χ3v) is 5.17. The van der Waals surface area contributed by atoms with Crippen molar-refractivity contribution < 1.29 is 0 Å². The van der Waals surface area contributed by atoms with Crippen molar-refractivity contribution in [2.75, 3.05) is 5.88 Å². The van der Waals surface area contributed by atoms with Crippen LogP contribution in [-0.2, 0) is 6.42 Å². The molecule has 152 valence electrons. The van der Waals surface area contributed by atoms with E-state index in [9.17, 15) is 0 Å². The molecule has 0 radical (unpaired) electrons. The van der Waals surface area contributed by atoms with E-state index in [0.717, 1.165) is 5.88 Å². The summed E-state index contributed by atoms with van der Waals surface area (Å²) in [6.45, 7) is 4.46. The second kappa shape index (κ2) is 22.6. The summed E-state index contributed by atoms with van der Waals surface area (Å²) < 4.78 is 0. The van der Waals surface area contributed by atoms with E-state index in [1.165, 1.54) is 108 Å². The van der Waals surface area contributed by atoms with Crippen molar-refractivity contribution in [2.45, 2.75) is 117 Å². The minimum Gasteiger partial charge on any atom is -0.127 e. The van der Waals surface area contributed by atoms with E-state index in [4.69, 9.17) is 11.6 Å². The summed E-state index contributed by atoms with van der Waals surface area (Å²) in [6.07, 6.45) is 22.2. The molecular formula is C25H45Cl. The van der Waals surface area contributed by atoms with Crippen molar-refractivity contribution in [3.8, 4) is 0 Å². The highest BCUT2D eigenvalue weighted by Gasteiger charge is 1.94. The first-order valence-corrected chi connectivity index (χ1v) is 12.0. The third-order valence-electron chi connectivity index (χ3n) is 4.90. The Labute approximate surface area is 170 Å². The monoisotopic (exact) mass is 380 g/mol. The maximum atomic E-state index is 5.38. The van der Waals surface area contributed by atoms with E-state index in [2.05, 4.69) is 44.2 Å². The highest BCUT2D eigenvalue weighted by Crippen LogP contribution is 2.13. The molecule has 0 saturated carbocycles. The molecule has 1 aromatic rings. The smallest absolute Gasteiger partial charge is 0.0223 e. The molecule has 0 aliphatic rings. The van der Waals surface area contributed by atoms with Crippen LogP contribution in [0, 0.1) is 0 Å². The zero-order chi connectivity index (χ0) is 19.1. The first-order valence-electron chi connectivity index (χ1n) is 11.4. The van der Waals surface area contributed by atoms with Crippen LogP contribution >= 0.6 is 11.6 Å². The molecule has 0 fully saturated rings. The van der Waals surface area contributed by atoms with Gasteiger partial charge in [-0.2, -0.15) is 0 Å². The molecule has 0 unspecified atom stereocenters. The predicted molar refractivity (Wildman–Crippen MR) is 121 cm³/mol. The predicted octanol–water partition coefficient (Wildman–Crippen LogP) is 9.35. The highest BCUT2D eigenvalue weighted by atomic mass is 35.5. The zero-order valence-electron chi connectivity index (χ0n) is 17.8. The molecule has 0 aliphatic carbocycles. The van der Waals surface area contributed by atoms with Crippen molar-refractivity contribution in [2.24, 2.45) is 0 Å². The van der Waals surface area contributed by atoms with E-state index in [0.29, 0.717) is 0 Å². The Bertz CT molecular complexity index is 342. The Morgan fingerprint density at radius 2 is 0.962 bits per heavy atom. The van der Waals surface area contributed by atoms with Gasteiger partial charge in [-0.25, -0.2) is 0 Å². The Morgan fingerprint density at radius 1 is 0.538 bits per heavy atom. The summed E-state index contributed by atoms with van der Waals surface area (Å²) in [7, 11) is 0. The molecule has 0 N–H and O–H groups in total. The normalized spacial score (nSPS) is 10.4. The van der Waals surface area contributed by atoms with Crippen LogP contribution in [0.25, 0.3) is 0 Å². The number of rotatable bonds is 16. The molecule has 0 nitrogen and oxygen atoms in total. The van der Waals surface area contributed by atoms with Crippen molar-refractivity contribution in [1.82, 2.24) is 0 Å². The maximum absolute atomic E-state index is 5.38. The molecule has 1 heteroatoms. The number of alkyl halides is 1. The molecular weight excluding hydrogens is 336 g/mol. The van der Waals surface area contributed by atoms with E-state index < -0.39 is 0 Å². The van der Waals surface area contributed by atoms with E-state index in [-0.39, 0.29) is 0 Å². The Balaban J connectivity index is 0.000000896. The van der Waals surface area contributed by atoms with Gasteiger partial charge in [-0.05, 0) is 24.8 Å². The molecule has 26 heavy (non-hydrogen) atoms. The van der Waals surface area contributed by atoms with Crippen molar-refractivity contribution in [1.29, 1.82) is 0 Å². The number of aryl methyl sites for hydroxylation is 1. The average molecular weight is 381 g/mol. The van der Waals surface area contributed by atoms with Gasteiger partial charge in [0.15, 0.2) is 0 Å². The molecule has 0 saturated heterocycles. The van der Waals surface area contributed by atoms with Gasteiger partial charge in [-0.1, -0.05) is 128 Å². The van der Waals surface area contributed by atoms with Gasteiger partial charge in [0.2, 0.25) is 0 Å². The van der Waals surface area contributed by atoms with Gasteiger partial charge < -0.3 is 0 Å². The molecule has 0 bridgehead atoms. The van der Waals surface area contributed by atoms with E-state index in [1.807, 2.05) is 0 Å². The number of hydrogen-bond donors (Lipinski definition) is 0. The SMILES string of the molecule is CCCCCCCCCCCCCCc1ccccc1.CCCCCCl. The summed E-state index contributed by atoms with van der Waals surface area (Å²) in [6, 6.07) is 10.9. The Hall–Kier alpha value is -0.490. The van der Waals surface area contributed by atoms with Gasteiger partial charge in [-0.15, -0.1) is 11.6 Å². The van der Waals surface area contributed by atoms with Crippen LogP contribution in [0.15, 0.2) is 30.3 Å². The summed E-state index contributed by atoms with van der Waals surface area (Å²) >= 11 is 5.38. The lowest BCUT2D eigenvalue weighted by atomic mass is 10.0. The molecule has 1 aromatic carbocycles. The van der Waals surface area contributed by atoms with Crippen LogP contribution in [0.1, 0.15) is 116 Å². The summed E-state index contributed by atoms with van der Waals surface area (Å²) in [5.41, 5.74) is 1.50. The number of halogens is 1. The van der Waals surface area contributed by atoms with Crippen LogP contribution in [0.5, 0.6) is 0 Å². The molecule has 0 atom stereocenters. The third kappa shape index (κ3) is 19.8. The maximum Gasteiger partial charge on any atom is 0.0223 e. The minimum atomic E-state index is 0.827. The van der Waals surface area contributed by atoms with Crippen molar-refractivity contribution in [3.05, 3.63) is 35.9 Å². The lowest BCUT2D eigenvalue weighted by molar-refractivity contribution is 0.544. The van der Waals surface area contributed by atoms with Gasteiger partial charge in [0, 0.05) is 5.88 Å². The van der Waals surface area contributed by atoms with Gasteiger partial charge in [0.05, 0.1) is 0 Å². The topological polar surface area (TPSA) is 0 Å². The van der Waals surface area contributed by atoms with E-state index in [1.54, 1.807) is 0 Å². The molecule has 0 aliphatic heterocycles. The quantitative estimate of drug-likeness (QED) is 0.198. The summed E-state index contributed by atoms with van der Waals surface area (Å²) in [5.74, 6) is 0.827. The first-order chi connectivity index (χ1) is 12.8. The van der Waals surface area contributed by atoms with Gasteiger partial charge in [-0.3, -0.25) is 0 Å². The Kier molecular flexibility index (Phi) is 22.1. The fourth-order valence-corrected chi connectivity index (χ4v) is 3.35. The first kappa shape index (κ1) is 25.5. The van der Waals surface area contributed by atoms with Gasteiger partial charge >= 0.3 is 0 Å². The average Bonchev–Trinajstić information content (AvgIpc) is 2.68. The number of hydrogen-bond acceptors (Lipinski definition) is 0. The second-order valence-corrected chi connectivity index (χ2v) is 7.90. The number of unbranched alkanes of at least 4 members (excludes halogenated alkanes) is 13. The summed E-state index contributed by atoms with van der Waals surface area (Å²) in [5, 5.41) is 0. The second-order valence-electron chi connectivity index (χ2n) is 7.52. The van der Waals surface area contributed by atoms with Gasteiger partial charge in [0.25, 0.3) is 0 Å². The summed E-state index contributed by atoms with van der Waals surface area (Å²) in [4.78, 5) is 0. The molecule has 0 spiro atoms. The van der Waals surface area contributed by atoms with Crippen molar-refractivity contribution in [3.63, 3.8) is 0 Å². The lowest BCUT2D eigenvalue weighted by Crippen LogP contribution is -1.86. The van der Waals surface area contributed by atoms with Gasteiger partial charge in [0.1, 0.15) is 0 Å². The minimum absolute atomic E-state index is 0.827. The molecule has 0 amide bonds. The lowest BCUT2D eigenvalue weighted by Gasteiger charge is -2.03. The standard InChI is InChI=1S/C20H34.C5H11Cl/c1-2-3-4-5-6-7-8-9-10-11-12-14-17-20-18-15-13-16-19-20;1-2-3-4-5-6/h13,15-16,18-19H,2-12,14,17H2,1H3;2-5H2,1H3. The largest absolute Gasteiger partial charge is 0.127 e. The zero-order valence-corrected chi connectivity index (χ0v) is 18.5. The molecule has 1 rings (SSSR count). The van der Waals surface area contributed by atoms with Crippen LogP contribution < -0.4 is 0 Å². The van der Waals surface area contributed by atoms with Crippen LogP contribution in [0.3, 0.4) is 0 Å². The van der Waals surface area contributed by atoms with Crippen LogP contribution in [0.4, 0.5) is 0 Å². The van der Waals surface area contributed by atoms with Crippen LogP contribution in [-0.4, -0.2) is 5.88 Å². The fourth-order valence-electron chi connectivity index (χ4n) is 3.16. The molecule has 0 aromatic heterocycles. The van der Waals surface area contributed by atoms with Crippen molar-refractivity contribution >= 4 is 11.6 Å². The Morgan fingerprint density at radius 3 is 1.38 bits per heavy atom. The number of benzene rings is 1. The highest BCUT2D eigenvalue weighted by molar-refractivity contribution is 6.17. The fraction of sp³-hybridized carbons (Fsp3) is 0.760. The molecule has 0 heterocycles.